The molecule has 0 amide bonds. The lowest BCUT2D eigenvalue weighted by Crippen LogP contribution is -2.41. The van der Waals surface area contributed by atoms with E-state index in [0.717, 1.165) is 23.9 Å². The van der Waals surface area contributed by atoms with Gasteiger partial charge in [-0.3, -0.25) is 4.79 Å². The summed E-state index contributed by atoms with van der Waals surface area (Å²) in [7, 11) is 4.56. The first-order valence-electron chi connectivity index (χ1n) is 12.0. The second-order valence-corrected chi connectivity index (χ2v) is 8.95. The van der Waals surface area contributed by atoms with E-state index >= 15 is 0 Å². The van der Waals surface area contributed by atoms with Gasteiger partial charge in [0.1, 0.15) is 0 Å². The molecule has 3 nitrogen and oxygen atoms in total. The highest BCUT2D eigenvalue weighted by Gasteiger charge is 2.14. The highest BCUT2D eigenvalue weighted by Crippen LogP contribution is 2.12. The van der Waals surface area contributed by atoms with E-state index < -0.39 is 0 Å². The van der Waals surface area contributed by atoms with Crippen molar-refractivity contribution in [1.29, 1.82) is 0 Å². The third kappa shape index (κ3) is 20.0. The van der Waals surface area contributed by atoms with Crippen LogP contribution in [0.5, 0.6) is 0 Å². The number of unbranched alkanes of at least 4 members (excludes halogenated alkanes) is 12. The zero-order valence-corrected chi connectivity index (χ0v) is 19.2. The van der Waals surface area contributed by atoms with Gasteiger partial charge in [-0.05, 0) is 19.3 Å². The zero-order valence-electron chi connectivity index (χ0n) is 19.2. The van der Waals surface area contributed by atoms with Crippen LogP contribution in [0.1, 0.15) is 117 Å². The average Bonchev–Trinajstić information content (AvgIpc) is 2.63. The normalized spacial score (nSPS) is 11.7. The minimum Gasteiger partial charge on any atom is -0.465 e. The van der Waals surface area contributed by atoms with Gasteiger partial charge in [0, 0.05) is 12.8 Å². The first kappa shape index (κ1) is 26.4. The predicted molar refractivity (Wildman–Crippen MR) is 118 cm³/mol. The number of hydrogen-bond acceptors (Lipinski definition) is 2. The number of carbonyl (C=O) groups excluding carboxylic acids is 1. The lowest BCUT2D eigenvalue weighted by Gasteiger charge is -2.29. The van der Waals surface area contributed by atoms with Gasteiger partial charge in [-0.1, -0.05) is 84.5 Å². The minimum atomic E-state index is 0.00205. The summed E-state index contributed by atoms with van der Waals surface area (Å²) in [6, 6.07) is 0. The summed E-state index contributed by atoms with van der Waals surface area (Å²) in [5, 5.41) is 0. The molecule has 162 valence electrons. The minimum absolute atomic E-state index is 0.00205. The van der Waals surface area contributed by atoms with Crippen LogP contribution < -0.4 is 0 Å². The van der Waals surface area contributed by atoms with Crippen LogP contribution in [0.25, 0.3) is 0 Å². The van der Waals surface area contributed by atoms with Crippen LogP contribution in [-0.4, -0.2) is 44.2 Å². The molecule has 0 spiro atoms. The van der Waals surface area contributed by atoms with Gasteiger partial charge >= 0.3 is 5.97 Å². The van der Waals surface area contributed by atoms with Crippen molar-refractivity contribution in [3.05, 3.63) is 0 Å². The van der Waals surface area contributed by atoms with E-state index in [9.17, 15) is 4.79 Å². The number of hydrogen-bond donors (Lipinski definition) is 0. The molecule has 0 aliphatic carbocycles. The number of esters is 1. The molecule has 0 N–H and O–H groups in total. The molecule has 0 atom stereocenters. The molecule has 0 aliphatic rings. The molecule has 0 heterocycles. The molecule has 0 fully saturated rings. The largest absolute Gasteiger partial charge is 0.465 e. The fraction of sp³-hybridized carbons (Fsp3) is 0.958. The summed E-state index contributed by atoms with van der Waals surface area (Å²) in [6.45, 7) is 7.42. The molecular formula is C24H50NO2+. The summed E-state index contributed by atoms with van der Waals surface area (Å²) in [5.74, 6) is 0.00205. The van der Waals surface area contributed by atoms with Crippen LogP contribution in [0.15, 0.2) is 0 Å². The van der Waals surface area contributed by atoms with Gasteiger partial charge in [-0.2, -0.15) is 0 Å². The maximum absolute atomic E-state index is 11.8. The van der Waals surface area contributed by atoms with Crippen molar-refractivity contribution in [3.8, 4) is 0 Å². The molecule has 0 rings (SSSR count). The monoisotopic (exact) mass is 384 g/mol. The molecule has 0 bridgehead atoms. The molecule has 0 aromatic carbocycles. The Bertz CT molecular complexity index is 328. The number of rotatable bonds is 20. The van der Waals surface area contributed by atoms with Gasteiger partial charge in [0.2, 0.25) is 0 Å². The van der Waals surface area contributed by atoms with Crippen molar-refractivity contribution in [2.45, 2.75) is 117 Å². The molecule has 0 unspecified atom stereocenters. The van der Waals surface area contributed by atoms with Crippen molar-refractivity contribution in [1.82, 2.24) is 0 Å². The summed E-state index contributed by atoms with van der Waals surface area (Å²) in [6.07, 6.45) is 19.9. The van der Waals surface area contributed by atoms with Crippen LogP contribution in [0, 0.1) is 0 Å². The van der Waals surface area contributed by atoms with E-state index in [1.165, 1.54) is 90.0 Å². The number of nitrogens with zero attached hydrogens (tertiary/aromatic N) is 1. The number of quaternary nitrogens is 1. The van der Waals surface area contributed by atoms with E-state index in [-0.39, 0.29) is 5.97 Å². The van der Waals surface area contributed by atoms with Crippen LogP contribution in [0.4, 0.5) is 0 Å². The molecule has 0 saturated heterocycles. The highest BCUT2D eigenvalue weighted by molar-refractivity contribution is 5.69. The molecule has 0 aromatic rings. The van der Waals surface area contributed by atoms with E-state index in [1.54, 1.807) is 0 Å². The van der Waals surface area contributed by atoms with Crippen LogP contribution in [-0.2, 0) is 9.53 Å². The quantitative estimate of drug-likeness (QED) is 0.130. The maximum atomic E-state index is 11.8. The van der Waals surface area contributed by atoms with Gasteiger partial charge in [-0.15, -0.1) is 0 Å². The van der Waals surface area contributed by atoms with Gasteiger partial charge in [0.15, 0.2) is 0 Å². The molecule has 0 radical (unpaired) electrons. The van der Waals surface area contributed by atoms with Crippen molar-refractivity contribution in [3.63, 3.8) is 0 Å². The Morgan fingerprint density at radius 1 is 0.630 bits per heavy atom. The smallest absolute Gasteiger partial charge is 0.305 e. The zero-order chi connectivity index (χ0) is 20.2. The fourth-order valence-electron chi connectivity index (χ4n) is 3.59. The molecule has 0 aliphatic heterocycles. The van der Waals surface area contributed by atoms with Gasteiger partial charge in [0.25, 0.3) is 0 Å². The third-order valence-corrected chi connectivity index (χ3v) is 5.52. The Labute approximate surface area is 170 Å². The first-order valence-corrected chi connectivity index (χ1v) is 12.0. The van der Waals surface area contributed by atoms with Crippen molar-refractivity contribution < 1.29 is 14.0 Å². The number of ether oxygens (including phenoxy) is 1. The Hall–Kier alpha value is -0.570. The maximum Gasteiger partial charge on any atom is 0.305 e. The Balaban J connectivity index is 3.37. The van der Waals surface area contributed by atoms with E-state index in [0.29, 0.717) is 13.0 Å². The first-order chi connectivity index (χ1) is 13.0. The predicted octanol–water partition coefficient (Wildman–Crippen LogP) is 6.89. The van der Waals surface area contributed by atoms with Crippen LogP contribution in [0.2, 0.25) is 0 Å². The van der Waals surface area contributed by atoms with Crippen molar-refractivity contribution >= 4 is 5.97 Å². The Morgan fingerprint density at radius 2 is 1.07 bits per heavy atom. The van der Waals surface area contributed by atoms with Gasteiger partial charge in [-0.25, -0.2) is 0 Å². The summed E-state index contributed by atoms with van der Waals surface area (Å²) >= 11 is 0. The second kappa shape index (κ2) is 18.8. The van der Waals surface area contributed by atoms with Crippen molar-refractivity contribution in [2.75, 3.05) is 33.8 Å². The van der Waals surface area contributed by atoms with Crippen LogP contribution >= 0.6 is 0 Å². The van der Waals surface area contributed by atoms with E-state index in [4.69, 9.17) is 4.74 Å². The average molecular weight is 385 g/mol. The van der Waals surface area contributed by atoms with Crippen LogP contribution in [0.3, 0.4) is 0 Å². The highest BCUT2D eigenvalue weighted by atomic mass is 16.5. The SMILES string of the molecule is CCCCCCCCCCCCCC(=O)OCCC[N+](C)(C)CCCCC. The Morgan fingerprint density at radius 3 is 1.63 bits per heavy atom. The lowest BCUT2D eigenvalue weighted by molar-refractivity contribution is -0.890. The van der Waals surface area contributed by atoms with E-state index in [2.05, 4.69) is 27.9 Å². The standard InChI is InChI=1S/C24H50NO2/c1-5-7-9-10-11-12-13-14-15-16-17-20-24(26)27-23-19-22-25(3,4)21-18-8-6-2/h5-23H2,1-4H3/q+1. The molecule has 0 aromatic heterocycles. The summed E-state index contributed by atoms with van der Waals surface area (Å²) in [5.41, 5.74) is 0. The lowest BCUT2D eigenvalue weighted by atomic mass is 10.1. The Kier molecular flexibility index (Phi) is 18.4. The topological polar surface area (TPSA) is 26.3 Å². The van der Waals surface area contributed by atoms with E-state index in [1.807, 2.05) is 0 Å². The molecule has 27 heavy (non-hydrogen) atoms. The molecule has 3 heteroatoms. The molecule has 0 saturated carbocycles. The number of carbonyl (C=O) groups is 1. The molecular weight excluding hydrogens is 334 g/mol. The summed E-state index contributed by atoms with van der Waals surface area (Å²) in [4.78, 5) is 11.8. The fourth-order valence-corrected chi connectivity index (χ4v) is 3.59. The summed E-state index contributed by atoms with van der Waals surface area (Å²) < 4.78 is 6.44. The third-order valence-electron chi connectivity index (χ3n) is 5.52. The van der Waals surface area contributed by atoms with Gasteiger partial charge in [0.05, 0.1) is 33.8 Å². The van der Waals surface area contributed by atoms with Crippen molar-refractivity contribution in [2.24, 2.45) is 0 Å². The second-order valence-electron chi connectivity index (χ2n) is 8.95. The van der Waals surface area contributed by atoms with Gasteiger partial charge < -0.3 is 9.22 Å².